The van der Waals surface area contributed by atoms with Gasteiger partial charge in [0, 0.05) is 31.9 Å². The minimum atomic E-state index is -0.355. The molecule has 9 heteroatoms. The van der Waals surface area contributed by atoms with E-state index in [9.17, 15) is 9.59 Å². The molecule has 2 N–H and O–H groups in total. The highest BCUT2D eigenvalue weighted by Gasteiger charge is 2.27. The summed E-state index contributed by atoms with van der Waals surface area (Å²) >= 11 is 0. The van der Waals surface area contributed by atoms with Gasteiger partial charge >= 0.3 is 6.03 Å². The van der Waals surface area contributed by atoms with Gasteiger partial charge in [0.25, 0.3) is 0 Å². The Morgan fingerprint density at radius 3 is 2.79 bits per heavy atom. The summed E-state index contributed by atoms with van der Waals surface area (Å²) in [4.78, 5) is 30.9. The number of amides is 3. The third-order valence-electron chi connectivity index (χ3n) is 4.30. The molecule has 0 bridgehead atoms. The number of hydrogen-bond donors (Lipinski definition) is 2. The van der Waals surface area contributed by atoms with E-state index in [1.54, 1.807) is 0 Å². The van der Waals surface area contributed by atoms with E-state index in [0.29, 0.717) is 19.0 Å². The van der Waals surface area contributed by atoms with Gasteiger partial charge in [0.2, 0.25) is 5.91 Å². The summed E-state index contributed by atoms with van der Waals surface area (Å²) in [6, 6.07) is 9.57. The highest BCUT2D eigenvalue weighted by Crippen LogP contribution is 2.09. The van der Waals surface area contributed by atoms with Crippen LogP contribution in [-0.4, -0.2) is 70.7 Å². The first-order chi connectivity index (χ1) is 13.6. The van der Waals surface area contributed by atoms with Crippen molar-refractivity contribution in [1.82, 2.24) is 30.2 Å². The fourth-order valence-corrected chi connectivity index (χ4v) is 2.92. The maximum Gasteiger partial charge on any atom is 0.324 e. The molecule has 1 aliphatic rings. The zero-order valence-corrected chi connectivity index (χ0v) is 16.1. The van der Waals surface area contributed by atoms with Crippen molar-refractivity contribution in [2.45, 2.75) is 13.5 Å². The molecule has 28 heavy (non-hydrogen) atoms. The van der Waals surface area contributed by atoms with Crippen LogP contribution < -0.4 is 10.6 Å². The summed E-state index contributed by atoms with van der Waals surface area (Å²) < 4.78 is 1.84. The van der Waals surface area contributed by atoms with E-state index in [1.807, 2.05) is 66.3 Å². The van der Waals surface area contributed by atoms with Crippen LogP contribution in [0.15, 0.2) is 47.7 Å². The summed E-state index contributed by atoms with van der Waals surface area (Å²) in [6.45, 7) is 4.01. The number of carbonyl (C=O) groups excluding carboxylic acids is 2. The number of hydrogen-bond acceptors (Lipinski definition) is 4. The van der Waals surface area contributed by atoms with Crippen LogP contribution in [-0.2, 0) is 11.3 Å². The van der Waals surface area contributed by atoms with Gasteiger partial charge in [-0.3, -0.25) is 14.7 Å². The summed E-state index contributed by atoms with van der Waals surface area (Å²) in [5.74, 6) is 0.494. The molecule has 0 saturated carbocycles. The lowest BCUT2D eigenvalue weighted by Crippen LogP contribution is -2.39. The van der Waals surface area contributed by atoms with E-state index in [-0.39, 0.29) is 25.0 Å². The quantitative estimate of drug-likeness (QED) is 0.419. The van der Waals surface area contributed by atoms with Gasteiger partial charge in [-0.2, -0.15) is 5.10 Å². The lowest BCUT2D eigenvalue weighted by Gasteiger charge is -2.21. The maximum atomic E-state index is 11.6. The van der Waals surface area contributed by atoms with Crippen molar-refractivity contribution in [3.8, 4) is 5.69 Å². The zero-order valence-electron chi connectivity index (χ0n) is 16.1. The molecule has 9 nitrogen and oxygen atoms in total. The van der Waals surface area contributed by atoms with Crippen LogP contribution in [0.25, 0.3) is 5.69 Å². The van der Waals surface area contributed by atoms with Crippen LogP contribution >= 0.6 is 0 Å². The number of benzene rings is 1. The number of nitrogens with zero attached hydrogens (tertiary/aromatic N) is 5. The average Bonchev–Trinajstić information content (AvgIpc) is 3.29. The molecule has 1 aliphatic heterocycles. The van der Waals surface area contributed by atoms with Gasteiger partial charge in [-0.05, 0) is 19.1 Å². The third kappa shape index (κ3) is 4.67. The highest BCUT2D eigenvalue weighted by molar-refractivity contribution is 6.01. The molecular formula is C19H25N7O2. The fraction of sp³-hybridized carbons (Fsp3) is 0.368. The molecule has 2 heterocycles. The molecule has 0 aliphatic carbocycles. The van der Waals surface area contributed by atoms with Gasteiger partial charge in [0.1, 0.15) is 0 Å². The van der Waals surface area contributed by atoms with Crippen molar-refractivity contribution < 1.29 is 9.59 Å². The van der Waals surface area contributed by atoms with Gasteiger partial charge in [0.15, 0.2) is 5.96 Å². The number of para-hydroxylation sites is 1. The largest absolute Gasteiger partial charge is 0.357 e. The molecule has 1 aromatic carbocycles. The normalized spacial score (nSPS) is 14.4. The van der Waals surface area contributed by atoms with E-state index in [4.69, 9.17) is 0 Å². The van der Waals surface area contributed by atoms with E-state index < -0.39 is 0 Å². The SMILES string of the molecule is CCNC(=NCCN1C(=O)CNC1=O)N(C)Cc1cnn(-c2ccccc2)c1. The number of aromatic nitrogens is 2. The minimum absolute atomic E-state index is 0.0634. The Hall–Kier alpha value is -3.36. The molecule has 148 valence electrons. The first-order valence-electron chi connectivity index (χ1n) is 9.25. The van der Waals surface area contributed by atoms with Crippen LogP contribution in [0.1, 0.15) is 12.5 Å². The van der Waals surface area contributed by atoms with Crippen molar-refractivity contribution in [2.24, 2.45) is 4.99 Å². The second-order valence-corrected chi connectivity index (χ2v) is 6.42. The zero-order chi connectivity index (χ0) is 19.9. The number of nitrogens with one attached hydrogen (secondary N) is 2. The fourth-order valence-electron chi connectivity index (χ4n) is 2.92. The Morgan fingerprint density at radius 1 is 1.32 bits per heavy atom. The number of imide groups is 1. The van der Waals surface area contributed by atoms with Gasteiger partial charge in [0.05, 0.1) is 31.5 Å². The van der Waals surface area contributed by atoms with Gasteiger partial charge in [-0.1, -0.05) is 18.2 Å². The van der Waals surface area contributed by atoms with Crippen molar-refractivity contribution in [2.75, 3.05) is 33.2 Å². The van der Waals surface area contributed by atoms with E-state index in [0.717, 1.165) is 17.8 Å². The Kier molecular flexibility index (Phi) is 6.25. The standard InChI is InChI=1S/C19H25N7O2/c1-3-20-18(21-9-10-25-17(27)12-22-19(25)28)24(2)13-15-11-23-26(14-15)16-7-5-4-6-8-16/h4-8,11,14H,3,9-10,12-13H2,1-2H3,(H,20,21)(H,22,28). The topological polar surface area (TPSA) is 94.9 Å². The Balaban J connectivity index is 1.61. The summed E-state index contributed by atoms with van der Waals surface area (Å²) in [5, 5.41) is 10.2. The molecule has 3 rings (SSSR count). The number of aliphatic imine (C=N–C) groups is 1. The van der Waals surface area contributed by atoms with Crippen LogP contribution in [0.3, 0.4) is 0 Å². The molecule has 1 fully saturated rings. The maximum absolute atomic E-state index is 11.6. The van der Waals surface area contributed by atoms with Gasteiger partial charge in [-0.15, -0.1) is 0 Å². The minimum Gasteiger partial charge on any atom is -0.357 e. The average molecular weight is 383 g/mol. The Labute approximate surface area is 164 Å². The molecule has 0 atom stereocenters. The Morgan fingerprint density at radius 2 is 2.11 bits per heavy atom. The number of guanidine groups is 1. The third-order valence-corrected chi connectivity index (χ3v) is 4.30. The predicted molar refractivity (Wildman–Crippen MR) is 106 cm³/mol. The number of rotatable bonds is 7. The monoisotopic (exact) mass is 383 g/mol. The molecule has 2 aromatic rings. The molecule has 0 unspecified atom stereocenters. The van der Waals surface area contributed by atoms with Crippen LogP contribution in [0.5, 0.6) is 0 Å². The summed E-state index contributed by atoms with van der Waals surface area (Å²) in [7, 11) is 1.94. The van der Waals surface area contributed by atoms with Crippen LogP contribution in [0, 0.1) is 0 Å². The van der Waals surface area contributed by atoms with Crippen LogP contribution in [0.4, 0.5) is 4.79 Å². The molecule has 3 amide bonds. The first kappa shape index (κ1) is 19.4. The first-order valence-corrected chi connectivity index (χ1v) is 9.25. The number of urea groups is 1. The van der Waals surface area contributed by atoms with Gasteiger partial charge in [-0.25, -0.2) is 9.48 Å². The Bertz CT molecular complexity index is 831. The smallest absolute Gasteiger partial charge is 0.324 e. The van der Waals surface area contributed by atoms with Crippen molar-refractivity contribution in [3.05, 3.63) is 48.3 Å². The van der Waals surface area contributed by atoms with E-state index >= 15 is 0 Å². The second kappa shape index (κ2) is 9.03. The van der Waals surface area contributed by atoms with Crippen molar-refractivity contribution in [3.63, 3.8) is 0 Å². The van der Waals surface area contributed by atoms with E-state index in [1.165, 1.54) is 4.90 Å². The molecule has 0 spiro atoms. The predicted octanol–water partition coefficient (Wildman–Crippen LogP) is 0.821. The molecule has 1 aromatic heterocycles. The molecule has 0 radical (unpaired) electrons. The highest BCUT2D eigenvalue weighted by atomic mass is 16.2. The lowest BCUT2D eigenvalue weighted by molar-refractivity contribution is -0.124. The van der Waals surface area contributed by atoms with Gasteiger partial charge < -0.3 is 15.5 Å². The summed E-state index contributed by atoms with van der Waals surface area (Å²) in [6.07, 6.45) is 3.82. The van der Waals surface area contributed by atoms with Crippen molar-refractivity contribution >= 4 is 17.9 Å². The number of carbonyl (C=O) groups is 2. The summed E-state index contributed by atoms with van der Waals surface area (Å²) in [5.41, 5.74) is 2.05. The van der Waals surface area contributed by atoms with E-state index in [2.05, 4.69) is 20.7 Å². The lowest BCUT2D eigenvalue weighted by atomic mass is 10.3. The second-order valence-electron chi connectivity index (χ2n) is 6.42. The molecule has 1 saturated heterocycles. The van der Waals surface area contributed by atoms with Crippen LogP contribution in [0.2, 0.25) is 0 Å². The van der Waals surface area contributed by atoms with Crippen molar-refractivity contribution in [1.29, 1.82) is 0 Å². The molecular weight excluding hydrogens is 358 g/mol.